The zero-order valence-electron chi connectivity index (χ0n) is 28.7. The molecule has 0 unspecified atom stereocenters. The van der Waals surface area contributed by atoms with Crippen LogP contribution in [0.4, 0.5) is 11.4 Å². The van der Waals surface area contributed by atoms with Gasteiger partial charge in [-0.2, -0.15) is 15.5 Å². The molecule has 0 N–H and O–H groups in total. The van der Waals surface area contributed by atoms with Crippen LogP contribution < -0.4 is 20.2 Å². The third-order valence-electron chi connectivity index (χ3n) is 9.67. The van der Waals surface area contributed by atoms with Crippen molar-refractivity contribution in [3.05, 3.63) is 119 Å². The van der Waals surface area contributed by atoms with Crippen LogP contribution in [0.3, 0.4) is 0 Å². The highest BCUT2D eigenvalue weighted by Gasteiger charge is 2.45. The van der Waals surface area contributed by atoms with Gasteiger partial charge in [0.05, 0.1) is 36.5 Å². The lowest BCUT2D eigenvalue weighted by Gasteiger charge is -2.37. The average molecular weight is 675 g/mol. The van der Waals surface area contributed by atoms with Gasteiger partial charge in [0.15, 0.2) is 0 Å². The molecule has 0 bridgehead atoms. The molecule has 0 aliphatic carbocycles. The molecule has 2 aliphatic rings. The largest absolute Gasteiger partial charge is 0.491 e. The molecule has 2 saturated heterocycles. The van der Waals surface area contributed by atoms with Gasteiger partial charge in [-0.3, -0.25) is 4.68 Å². The fourth-order valence-corrected chi connectivity index (χ4v) is 6.68. The van der Waals surface area contributed by atoms with Crippen LogP contribution in [0.5, 0.6) is 5.75 Å². The van der Waals surface area contributed by atoms with Crippen LogP contribution in [0, 0.1) is 18.3 Å². The molecular weight excluding hydrogens is 632 g/mol. The molecule has 0 radical (unpaired) electrons. The second-order valence-electron chi connectivity index (χ2n) is 12.9. The van der Waals surface area contributed by atoms with Crippen molar-refractivity contribution < 1.29 is 14.2 Å². The average Bonchev–Trinajstić information content (AvgIpc) is 3.92. The highest BCUT2D eigenvalue weighted by Crippen LogP contribution is 2.38. The number of benzene rings is 3. The maximum atomic E-state index is 12.8. The minimum absolute atomic E-state index is 0.0657. The van der Waals surface area contributed by atoms with E-state index in [2.05, 4.69) is 50.3 Å². The van der Waals surface area contributed by atoms with E-state index in [1.54, 1.807) is 32.5 Å². The summed E-state index contributed by atoms with van der Waals surface area (Å²) >= 11 is 0. The quantitative estimate of drug-likeness (QED) is 0.190. The topological polar surface area (TPSA) is 116 Å². The van der Waals surface area contributed by atoms with Crippen molar-refractivity contribution >= 4 is 11.4 Å². The summed E-state index contributed by atoms with van der Waals surface area (Å²) in [5, 5.41) is 18.0. The summed E-state index contributed by atoms with van der Waals surface area (Å²) in [5.74, 6) is -0.271. The predicted octanol–water partition coefficient (Wildman–Crippen LogP) is 5.06. The second kappa shape index (κ2) is 14.2. The number of hydrogen-bond acceptors (Lipinski definition) is 9. The molecule has 50 heavy (non-hydrogen) atoms. The van der Waals surface area contributed by atoms with Crippen LogP contribution in [0.2, 0.25) is 0 Å². The van der Waals surface area contributed by atoms with Crippen LogP contribution in [0.25, 0.3) is 5.69 Å². The van der Waals surface area contributed by atoms with E-state index in [0.717, 1.165) is 66.5 Å². The van der Waals surface area contributed by atoms with Gasteiger partial charge in [-0.05, 0) is 92.6 Å². The van der Waals surface area contributed by atoms with Crippen LogP contribution >= 0.6 is 0 Å². The third kappa shape index (κ3) is 6.75. The molecule has 5 aromatic rings. The summed E-state index contributed by atoms with van der Waals surface area (Å²) in [6, 6.07) is 26.0. The molecule has 2 aromatic heterocycles. The first kappa shape index (κ1) is 33.1. The van der Waals surface area contributed by atoms with Crippen molar-refractivity contribution in [1.82, 2.24) is 24.1 Å². The Hall–Kier alpha value is -5.38. The maximum absolute atomic E-state index is 12.8. The van der Waals surface area contributed by atoms with Gasteiger partial charge in [-0.25, -0.2) is 14.0 Å². The molecule has 2 aliphatic heterocycles. The summed E-state index contributed by atoms with van der Waals surface area (Å²) in [4.78, 5) is 17.6. The Kier molecular flexibility index (Phi) is 9.43. The normalized spacial score (nSPS) is 19.8. The van der Waals surface area contributed by atoms with Gasteiger partial charge in [0.2, 0.25) is 5.79 Å². The minimum atomic E-state index is -1.04. The summed E-state index contributed by atoms with van der Waals surface area (Å²) < 4.78 is 24.1. The fourth-order valence-electron chi connectivity index (χ4n) is 6.68. The summed E-state index contributed by atoms with van der Waals surface area (Å²) in [7, 11) is 0. The zero-order valence-corrected chi connectivity index (χ0v) is 28.7. The molecule has 3 aromatic carbocycles. The molecule has 3 atom stereocenters. The Balaban J connectivity index is 0.929. The molecule has 7 rings (SSSR count). The molecular formula is C38H42N8O4. The van der Waals surface area contributed by atoms with Gasteiger partial charge >= 0.3 is 5.69 Å². The molecule has 0 amide bonds. The number of hydrogen-bond donors (Lipinski definition) is 0. The third-order valence-corrected chi connectivity index (χ3v) is 9.67. The van der Waals surface area contributed by atoms with E-state index in [-0.39, 0.29) is 17.8 Å². The van der Waals surface area contributed by atoms with Crippen LogP contribution in [0.1, 0.15) is 43.0 Å². The Labute approximate surface area is 291 Å². The molecule has 258 valence electrons. The Morgan fingerprint density at radius 2 is 1.66 bits per heavy atom. The van der Waals surface area contributed by atoms with E-state index in [4.69, 9.17) is 14.2 Å². The fraction of sp³-hybridized carbons (Fsp3) is 0.368. The highest BCUT2D eigenvalue weighted by atomic mass is 16.8. The first-order valence-corrected chi connectivity index (χ1v) is 17.2. The number of aryl methyl sites for hydroxylation is 1. The highest BCUT2D eigenvalue weighted by molar-refractivity contribution is 5.55. The lowest BCUT2D eigenvalue weighted by atomic mass is 9.98. The number of anilines is 2. The lowest BCUT2D eigenvalue weighted by Crippen LogP contribution is -2.46. The number of nitrogens with zero attached hydrogens (tertiary/aromatic N) is 8. The number of piperazine rings is 1. The maximum Gasteiger partial charge on any atom is 0.350 e. The van der Waals surface area contributed by atoms with Gasteiger partial charge in [0.25, 0.3) is 0 Å². The molecule has 0 saturated carbocycles. The molecule has 12 heteroatoms. The van der Waals surface area contributed by atoms with Gasteiger partial charge in [0.1, 0.15) is 24.8 Å². The lowest BCUT2D eigenvalue weighted by molar-refractivity contribution is -0.191. The predicted molar refractivity (Wildman–Crippen MR) is 190 cm³/mol. The number of ether oxygens (including phenoxy) is 3. The van der Waals surface area contributed by atoms with E-state index in [0.29, 0.717) is 25.3 Å². The molecule has 4 heterocycles. The van der Waals surface area contributed by atoms with E-state index in [9.17, 15) is 10.1 Å². The van der Waals surface area contributed by atoms with Crippen LogP contribution in [-0.4, -0.2) is 69.6 Å². The standard InChI is InChI=1S/C38H42N8O4/c1-4-29(3)46-37(47)45(27-41-46)33-9-7-31(8-10-33)42-18-20-43(21-19-42)32-11-13-34(14-12-32)48-24-35-25-49-38(50-35,26-44-17-5-16-40-44)36-15-6-30(23-39)22-28(36)2/h5-17,22,27,29,35H,4,18-21,24-26H2,1-3H3/t29-,35-,38-/m1/s1. The van der Waals surface area contributed by atoms with E-state index in [1.807, 2.05) is 69.4 Å². The van der Waals surface area contributed by atoms with Crippen molar-refractivity contribution in [3.63, 3.8) is 0 Å². The van der Waals surface area contributed by atoms with E-state index < -0.39 is 5.79 Å². The number of rotatable bonds is 11. The smallest absolute Gasteiger partial charge is 0.350 e. The number of nitriles is 1. The minimum Gasteiger partial charge on any atom is -0.491 e. The zero-order chi connectivity index (χ0) is 34.7. The van der Waals surface area contributed by atoms with Crippen molar-refractivity contribution in [2.75, 3.05) is 49.2 Å². The van der Waals surface area contributed by atoms with Crippen molar-refractivity contribution in [2.24, 2.45) is 0 Å². The number of aromatic nitrogens is 5. The van der Waals surface area contributed by atoms with E-state index in [1.165, 1.54) is 0 Å². The first-order valence-electron chi connectivity index (χ1n) is 17.2. The van der Waals surface area contributed by atoms with Crippen molar-refractivity contribution in [1.29, 1.82) is 5.26 Å². The molecule has 12 nitrogen and oxygen atoms in total. The Morgan fingerprint density at radius 3 is 2.28 bits per heavy atom. The van der Waals surface area contributed by atoms with Crippen molar-refractivity contribution in [3.8, 4) is 17.5 Å². The summed E-state index contributed by atoms with van der Waals surface area (Å²) in [6.45, 7) is 10.7. The van der Waals surface area contributed by atoms with Gasteiger partial charge in [0, 0.05) is 55.5 Å². The molecule has 2 fully saturated rings. The second-order valence-corrected chi connectivity index (χ2v) is 12.9. The van der Waals surface area contributed by atoms with E-state index >= 15 is 0 Å². The van der Waals surface area contributed by atoms with Gasteiger partial charge < -0.3 is 24.0 Å². The summed E-state index contributed by atoms with van der Waals surface area (Å²) in [5.41, 5.74) is 5.38. The van der Waals surface area contributed by atoms with Crippen molar-refractivity contribution in [2.45, 2.75) is 51.7 Å². The Morgan fingerprint density at radius 1 is 0.980 bits per heavy atom. The van der Waals surface area contributed by atoms with Crippen LogP contribution in [0.15, 0.2) is 96.3 Å². The van der Waals surface area contributed by atoms with Crippen LogP contribution in [-0.2, 0) is 21.8 Å². The Bertz CT molecular complexity index is 1990. The SMILES string of the molecule is CC[C@@H](C)n1ncn(-c2ccc(N3CCN(c4ccc(OC[C@@H]5CO[C@@](Cn6cccn6)(c6ccc(C#N)cc6C)O5)cc4)CC3)cc2)c1=O. The first-order chi connectivity index (χ1) is 24.4. The van der Waals surface area contributed by atoms with Gasteiger partial charge in [-0.15, -0.1) is 0 Å². The summed E-state index contributed by atoms with van der Waals surface area (Å²) in [6.07, 6.45) is 5.78. The van der Waals surface area contributed by atoms with Gasteiger partial charge in [-0.1, -0.05) is 13.0 Å². The monoisotopic (exact) mass is 674 g/mol. The molecule has 0 spiro atoms.